The molecule has 0 aliphatic carbocycles. The van der Waals surface area contributed by atoms with Crippen LogP contribution in [0, 0.1) is 0 Å². The van der Waals surface area contributed by atoms with Gasteiger partial charge >= 0.3 is 0 Å². The normalized spacial score (nSPS) is 11.9. The molecule has 1 aromatic rings. The Kier molecular flexibility index (Phi) is 4.78. The molecule has 3 N–H and O–H groups in total. The van der Waals surface area contributed by atoms with Crippen LogP contribution in [0.3, 0.4) is 0 Å². The lowest BCUT2D eigenvalue weighted by atomic mass is 10.1. The number of hydrogen-bond acceptors (Lipinski definition) is 4. The third kappa shape index (κ3) is 3.35. The summed E-state index contributed by atoms with van der Waals surface area (Å²) < 4.78 is 4.88. The van der Waals surface area contributed by atoms with Gasteiger partial charge in [-0.1, -0.05) is 6.92 Å². The molecule has 0 bridgehead atoms. The summed E-state index contributed by atoms with van der Waals surface area (Å²) in [6.45, 7) is 1.76. The van der Waals surface area contributed by atoms with E-state index in [1.54, 1.807) is 6.07 Å². The molecule has 1 amide bonds. The molecule has 1 rings (SSSR count). The van der Waals surface area contributed by atoms with Gasteiger partial charge in [-0.15, -0.1) is 0 Å². The van der Waals surface area contributed by atoms with Crippen LogP contribution in [0.1, 0.15) is 23.7 Å². The number of benzene rings is 1. The Bertz CT molecular complexity index is 388. The van der Waals surface area contributed by atoms with Gasteiger partial charge in [0.15, 0.2) is 11.5 Å². The first-order valence-electron chi connectivity index (χ1n) is 5.41. The molecule has 0 spiro atoms. The van der Waals surface area contributed by atoms with E-state index >= 15 is 0 Å². The lowest BCUT2D eigenvalue weighted by Gasteiger charge is -2.14. The predicted octanol–water partition coefficient (Wildman–Crippen LogP) is 0.902. The highest BCUT2D eigenvalue weighted by Gasteiger charge is 2.13. The first kappa shape index (κ1) is 13.3. The van der Waals surface area contributed by atoms with E-state index in [0.29, 0.717) is 17.7 Å². The molecule has 0 saturated carbocycles. The Morgan fingerprint density at radius 1 is 1.53 bits per heavy atom. The molecule has 0 aromatic heterocycles. The van der Waals surface area contributed by atoms with Gasteiger partial charge in [-0.3, -0.25) is 4.79 Å². The number of amides is 1. The van der Waals surface area contributed by atoms with Gasteiger partial charge in [-0.05, 0) is 24.6 Å². The lowest BCUT2D eigenvalue weighted by Crippen LogP contribution is -2.36. The first-order valence-corrected chi connectivity index (χ1v) is 5.41. The number of rotatable bonds is 5. The Morgan fingerprint density at radius 2 is 2.24 bits per heavy atom. The molecule has 0 radical (unpaired) electrons. The van der Waals surface area contributed by atoms with Crippen molar-refractivity contribution in [1.29, 1.82) is 0 Å². The highest BCUT2D eigenvalue weighted by Crippen LogP contribution is 2.26. The van der Waals surface area contributed by atoms with Crippen molar-refractivity contribution in [2.24, 2.45) is 0 Å². The molecule has 1 aromatic carbocycles. The number of aliphatic hydroxyl groups is 1. The fourth-order valence-electron chi connectivity index (χ4n) is 1.38. The highest BCUT2D eigenvalue weighted by molar-refractivity contribution is 5.95. The number of carbonyl (C=O) groups is 1. The van der Waals surface area contributed by atoms with E-state index in [-0.39, 0.29) is 24.3 Å². The van der Waals surface area contributed by atoms with Gasteiger partial charge in [-0.25, -0.2) is 0 Å². The fraction of sp³-hybridized carbons (Fsp3) is 0.417. The molecule has 0 aliphatic heterocycles. The number of ether oxygens (including phenoxy) is 1. The molecule has 5 nitrogen and oxygen atoms in total. The van der Waals surface area contributed by atoms with E-state index < -0.39 is 0 Å². The Balaban J connectivity index is 2.79. The smallest absolute Gasteiger partial charge is 0.251 e. The van der Waals surface area contributed by atoms with Gasteiger partial charge in [0.1, 0.15) is 0 Å². The zero-order chi connectivity index (χ0) is 12.8. The van der Waals surface area contributed by atoms with E-state index in [2.05, 4.69) is 5.32 Å². The van der Waals surface area contributed by atoms with Gasteiger partial charge < -0.3 is 20.3 Å². The van der Waals surface area contributed by atoms with Crippen LogP contribution >= 0.6 is 0 Å². The molecule has 0 unspecified atom stereocenters. The minimum absolute atomic E-state index is 0.0859. The molecule has 0 aliphatic rings. The van der Waals surface area contributed by atoms with E-state index in [1.165, 1.54) is 19.2 Å². The van der Waals surface area contributed by atoms with Crippen LogP contribution in [0.15, 0.2) is 18.2 Å². The van der Waals surface area contributed by atoms with Crippen molar-refractivity contribution >= 4 is 5.91 Å². The molecule has 17 heavy (non-hydrogen) atoms. The van der Waals surface area contributed by atoms with Gasteiger partial charge in [0, 0.05) is 5.56 Å². The second-order valence-electron chi connectivity index (χ2n) is 3.65. The Labute approximate surface area is 100 Å². The van der Waals surface area contributed by atoms with Crippen LogP contribution in [-0.2, 0) is 0 Å². The largest absolute Gasteiger partial charge is 0.504 e. The van der Waals surface area contributed by atoms with Crippen LogP contribution in [0.4, 0.5) is 0 Å². The predicted molar refractivity (Wildman–Crippen MR) is 63.3 cm³/mol. The number of nitrogens with one attached hydrogen (secondary N) is 1. The zero-order valence-corrected chi connectivity index (χ0v) is 9.93. The minimum Gasteiger partial charge on any atom is -0.504 e. The lowest BCUT2D eigenvalue weighted by molar-refractivity contribution is 0.0914. The summed E-state index contributed by atoms with van der Waals surface area (Å²) in [5.74, 6) is -0.100. The van der Waals surface area contributed by atoms with E-state index in [0.717, 1.165) is 0 Å². The summed E-state index contributed by atoms with van der Waals surface area (Å²) in [5.41, 5.74) is 0.329. The van der Waals surface area contributed by atoms with Crippen molar-refractivity contribution in [2.75, 3.05) is 13.7 Å². The standard InChI is InChI=1S/C12H17NO4/c1-3-9(7-14)13-12(16)8-4-5-11(17-2)10(15)6-8/h4-6,9,14-15H,3,7H2,1-2H3,(H,13,16)/t9-/m0/s1. The number of phenols is 1. The number of phenolic OH excluding ortho intramolecular Hbond substituents is 1. The van der Waals surface area contributed by atoms with Gasteiger partial charge in [0.25, 0.3) is 5.91 Å². The second-order valence-corrected chi connectivity index (χ2v) is 3.65. The van der Waals surface area contributed by atoms with Gasteiger partial charge in [0.05, 0.1) is 19.8 Å². The van der Waals surface area contributed by atoms with E-state index in [1.807, 2.05) is 6.92 Å². The van der Waals surface area contributed by atoms with Crippen LogP contribution in [0.5, 0.6) is 11.5 Å². The molecular weight excluding hydrogens is 222 g/mol. The van der Waals surface area contributed by atoms with Gasteiger partial charge in [-0.2, -0.15) is 0 Å². The Hall–Kier alpha value is -1.75. The molecule has 94 valence electrons. The summed E-state index contributed by atoms with van der Waals surface area (Å²) in [6, 6.07) is 4.13. The summed E-state index contributed by atoms with van der Waals surface area (Å²) in [6.07, 6.45) is 0.643. The monoisotopic (exact) mass is 239 g/mol. The highest BCUT2D eigenvalue weighted by atomic mass is 16.5. The number of methoxy groups -OCH3 is 1. The van der Waals surface area contributed by atoms with Crippen LogP contribution < -0.4 is 10.1 Å². The fourth-order valence-corrected chi connectivity index (χ4v) is 1.38. The maximum absolute atomic E-state index is 11.8. The summed E-state index contributed by atoms with van der Waals surface area (Å²) in [5, 5.41) is 21.2. The first-order chi connectivity index (χ1) is 8.12. The minimum atomic E-state index is -0.330. The molecule has 0 saturated heterocycles. The van der Waals surface area contributed by atoms with Crippen LogP contribution in [0.25, 0.3) is 0 Å². The summed E-state index contributed by atoms with van der Waals surface area (Å²) >= 11 is 0. The number of hydrogen-bond donors (Lipinski definition) is 3. The molecule has 5 heteroatoms. The topological polar surface area (TPSA) is 78.8 Å². The summed E-state index contributed by atoms with van der Waals surface area (Å²) in [4.78, 5) is 11.8. The van der Waals surface area contributed by atoms with E-state index in [9.17, 15) is 9.90 Å². The molecular formula is C12H17NO4. The quantitative estimate of drug-likeness (QED) is 0.713. The van der Waals surface area contributed by atoms with Crippen molar-refractivity contribution in [3.05, 3.63) is 23.8 Å². The zero-order valence-electron chi connectivity index (χ0n) is 9.93. The molecule has 0 heterocycles. The number of aromatic hydroxyl groups is 1. The number of aliphatic hydroxyl groups excluding tert-OH is 1. The maximum atomic E-state index is 11.8. The average molecular weight is 239 g/mol. The molecule has 1 atom stereocenters. The summed E-state index contributed by atoms with van der Waals surface area (Å²) in [7, 11) is 1.44. The van der Waals surface area contributed by atoms with Crippen molar-refractivity contribution in [1.82, 2.24) is 5.32 Å². The van der Waals surface area contributed by atoms with Crippen molar-refractivity contribution in [2.45, 2.75) is 19.4 Å². The van der Waals surface area contributed by atoms with Crippen LogP contribution in [-0.4, -0.2) is 35.9 Å². The van der Waals surface area contributed by atoms with Crippen molar-refractivity contribution in [3.63, 3.8) is 0 Å². The second kappa shape index (κ2) is 6.10. The third-order valence-corrected chi connectivity index (χ3v) is 2.49. The van der Waals surface area contributed by atoms with Crippen LogP contribution in [0.2, 0.25) is 0 Å². The van der Waals surface area contributed by atoms with Crippen molar-refractivity contribution in [3.8, 4) is 11.5 Å². The van der Waals surface area contributed by atoms with E-state index in [4.69, 9.17) is 9.84 Å². The SMILES string of the molecule is CC[C@@H](CO)NC(=O)c1ccc(OC)c(O)c1. The maximum Gasteiger partial charge on any atom is 0.251 e. The Morgan fingerprint density at radius 3 is 2.71 bits per heavy atom. The van der Waals surface area contributed by atoms with Gasteiger partial charge in [0.2, 0.25) is 0 Å². The molecule has 0 fully saturated rings. The van der Waals surface area contributed by atoms with Crippen molar-refractivity contribution < 1.29 is 19.7 Å². The average Bonchev–Trinajstić information content (AvgIpc) is 2.35. The number of carbonyl (C=O) groups excluding carboxylic acids is 1. The third-order valence-electron chi connectivity index (χ3n) is 2.49.